The lowest BCUT2D eigenvalue weighted by Crippen LogP contribution is -2.30. The maximum atomic E-state index is 12.7. The molecule has 1 atom stereocenters. The maximum Gasteiger partial charge on any atom is 0.265 e. The van der Waals surface area contributed by atoms with E-state index in [4.69, 9.17) is 9.72 Å². The van der Waals surface area contributed by atoms with Crippen molar-refractivity contribution >= 4 is 22.6 Å². The van der Waals surface area contributed by atoms with Crippen molar-refractivity contribution in [2.45, 2.75) is 46.6 Å². The third kappa shape index (κ3) is 4.35. The smallest absolute Gasteiger partial charge is 0.265 e. The molecule has 0 aliphatic carbocycles. The Hall–Kier alpha value is -3.67. The second-order valence-corrected chi connectivity index (χ2v) is 8.33. The molecule has 4 rings (SSSR count). The summed E-state index contributed by atoms with van der Waals surface area (Å²) < 4.78 is 7.75. The van der Waals surface area contributed by atoms with E-state index in [2.05, 4.69) is 24.3 Å². The fraction of sp³-hybridized carbons (Fsp3) is 0.269. The number of nitrogens with zero attached hydrogens (tertiary/aromatic N) is 3. The number of rotatable bonds is 6. The summed E-state index contributed by atoms with van der Waals surface area (Å²) >= 11 is 0. The van der Waals surface area contributed by atoms with Crippen LogP contribution in [-0.2, 0) is 4.79 Å². The number of carbonyl (C=O) groups is 1. The summed E-state index contributed by atoms with van der Waals surface area (Å²) in [6.07, 6.45) is -0.710. The Balaban J connectivity index is 1.56. The third-order valence-corrected chi connectivity index (χ3v) is 5.50. The Morgan fingerprint density at radius 2 is 1.69 bits per heavy atom. The summed E-state index contributed by atoms with van der Waals surface area (Å²) in [7, 11) is 0. The van der Waals surface area contributed by atoms with Gasteiger partial charge in [-0.15, -0.1) is 0 Å². The zero-order valence-corrected chi connectivity index (χ0v) is 19.1. The predicted molar refractivity (Wildman–Crippen MR) is 128 cm³/mol. The molecule has 0 spiro atoms. The van der Waals surface area contributed by atoms with Crippen LogP contribution in [0.5, 0.6) is 5.88 Å². The largest absolute Gasteiger partial charge is 0.464 e. The fourth-order valence-corrected chi connectivity index (χ4v) is 3.71. The molecule has 6 heteroatoms. The first-order valence-corrected chi connectivity index (χ1v) is 10.8. The van der Waals surface area contributed by atoms with Crippen molar-refractivity contribution in [3.8, 4) is 11.6 Å². The molecule has 6 nitrogen and oxygen atoms in total. The van der Waals surface area contributed by atoms with E-state index in [0.29, 0.717) is 17.4 Å². The summed E-state index contributed by atoms with van der Waals surface area (Å²) in [5, 5.41) is 8.57. The molecule has 0 unspecified atom stereocenters. The molecule has 32 heavy (non-hydrogen) atoms. The third-order valence-electron chi connectivity index (χ3n) is 5.50. The molecule has 0 aliphatic heterocycles. The lowest BCUT2D eigenvalue weighted by Gasteiger charge is -2.15. The Labute approximate surface area is 188 Å². The number of anilines is 1. The highest BCUT2D eigenvalue weighted by Gasteiger charge is 2.19. The first kappa shape index (κ1) is 21.6. The number of hydrogen-bond donors (Lipinski definition) is 1. The number of amides is 1. The summed E-state index contributed by atoms with van der Waals surface area (Å²) in [4.78, 5) is 17.4. The normalized spacial score (nSPS) is 12.2. The van der Waals surface area contributed by atoms with E-state index < -0.39 is 6.10 Å². The minimum absolute atomic E-state index is 0.227. The number of hydrogen-bond acceptors (Lipinski definition) is 4. The summed E-state index contributed by atoms with van der Waals surface area (Å²) in [6.45, 7) is 9.97. The van der Waals surface area contributed by atoms with Gasteiger partial charge >= 0.3 is 0 Å². The van der Waals surface area contributed by atoms with Crippen molar-refractivity contribution in [1.82, 2.24) is 14.8 Å². The highest BCUT2D eigenvalue weighted by molar-refractivity contribution is 5.94. The molecule has 2 aromatic heterocycles. The number of ether oxygens (including phenoxy) is 1. The average Bonchev–Trinajstić information content (AvgIpc) is 3.11. The topological polar surface area (TPSA) is 69.0 Å². The Morgan fingerprint density at radius 3 is 2.34 bits per heavy atom. The van der Waals surface area contributed by atoms with Gasteiger partial charge < -0.3 is 10.1 Å². The number of para-hydroxylation sites is 1. The molecule has 0 bridgehead atoms. The highest BCUT2D eigenvalue weighted by atomic mass is 16.5. The van der Waals surface area contributed by atoms with Gasteiger partial charge in [0.05, 0.1) is 11.4 Å². The van der Waals surface area contributed by atoms with Gasteiger partial charge in [-0.1, -0.05) is 44.2 Å². The monoisotopic (exact) mass is 428 g/mol. The van der Waals surface area contributed by atoms with Gasteiger partial charge in [-0.3, -0.25) is 4.79 Å². The van der Waals surface area contributed by atoms with Gasteiger partial charge in [0.1, 0.15) is 0 Å². The fourth-order valence-electron chi connectivity index (χ4n) is 3.71. The minimum atomic E-state index is -0.710. The zero-order valence-electron chi connectivity index (χ0n) is 19.1. The van der Waals surface area contributed by atoms with E-state index in [1.165, 1.54) is 5.56 Å². The van der Waals surface area contributed by atoms with E-state index in [-0.39, 0.29) is 5.91 Å². The predicted octanol–water partition coefficient (Wildman–Crippen LogP) is 5.57. The lowest BCUT2D eigenvalue weighted by atomic mass is 10.0. The Kier molecular flexibility index (Phi) is 5.95. The lowest BCUT2D eigenvalue weighted by molar-refractivity contribution is -0.122. The molecule has 4 aromatic rings. The maximum absolute atomic E-state index is 12.7. The first-order valence-electron chi connectivity index (χ1n) is 10.8. The van der Waals surface area contributed by atoms with Crippen LogP contribution in [0.2, 0.25) is 0 Å². The van der Waals surface area contributed by atoms with Crippen LogP contribution in [-0.4, -0.2) is 26.8 Å². The van der Waals surface area contributed by atoms with Crippen LogP contribution >= 0.6 is 0 Å². The molecule has 0 radical (unpaired) electrons. The highest BCUT2D eigenvalue weighted by Crippen LogP contribution is 2.27. The van der Waals surface area contributed by atoms with Crippen LogP contribution in [0.1, 0.15) is 43.5 Å². The van der Waals surface area contributed by atoms with Crippen molar-refractivity contribution in [3.05, 3.63) is 77.5 Å². The molecular weight excluding hydrogens is 400 g/mol. The van der Waals surface area contributed by atoms with Crippen molar-refractivity contribution in [2.24, 2.45) is 0 Å². The van der Waals surface area contributed by atoms with Crippen molar-refractivity contribution in [3.63, 3.8) is 0 Å². The van der Waals surface area contributed by atoms with Crippen LogP contribution in [0.15, 0.2) is 60.7 Å². The first-order chi connectivity index (χ1) is 15.3. The number of benzene rings is 2. The minimum Gasteiger partial charge on any atom is -0.464 e. The van der Waals surface area contributed by atoms with Crippen molar-refractivity contribution in [2.75, 3.05) is 5.32 Å². The molecular formula is C26H28N4O2. The van der Waals surface area contributed by atoms with Gasteiger partial charge in [-0.2, -0.15) is 10.1 Å². The van der Waals surface area contributed by atoms with Gasteiger partial charge in [0.15, 0.2) is 11.8 Å². The molecule has 2 aromatic carbocycles. The molecule has 0 saturated heterocycles. The molecule has 0 aliphatic rings. The van der Waals surface area contributed by atoms with E-state index in [1.54, 1.807) is 6.92 Å². The SMILES string of the molecule is Cc1cc(O[C@H](C)C(=O)Nc2ccc(C(C)C)cc2)nc2c1c(C)nn2-c1ccccc1. The second-order valence-electron chi connectivity index (χ2n) is 8.33. The van der Waals surface area contributed by atoms with Gasteiger partial charge in [0.2, 0.25) is 5.88 Å². The molecule has 1 amide bonds. The number of aryl methyl sites for hydroxylation is 2. The summed E-state index contributed by atoms with van der Waals surface area (Å²) in [5.74, 6) is 0.610. The van der Waals surface area contributed by atoms with E-state index in [0.717, 1.165) is 28.0 Å². The van der Waals surface area contributed by atoms with Gasteiger partial charge in [0, 0.05) is 17.1 Å². The van der Waals surface area contributed by atoms with E-state index in [9.17, 15) is 4.79 Å². The van der Waals surface area contributed by atoms with Crippen LogP contribution in [0.4, 0.5) is 5.69 Å². The molecule has 1 N–H and O–H groups in total. The number of aromatic nitrogens is 3. The summed E-state index contributed by atoms with van der Waals surface area (Å²) in [5.41, 5.74) is 5.50. The zero-order chi connectivity index (χ0) is 22.8. The Bertz CT molecular complexity index is 1240. The Morgan fingerprint density at radius 1 is 1.00 bits per heavy atom. The average molecular weight is 429 g/mol. The number of fused-ring (bicyclic) bond motifs is 1. The van der Waals surface area contributed by atoms with Gasteiger partial charge in [-0.05, 0) is 62.1 Å². The van der Waals surface area contributed by atoms with Crippen LogP contribution < -0.4 is 10.1 Å². The second kappa shape index (κ2) is 8.83. The van der Waals surface area contributed by atoms with E-state index in [1.807, 2.05) is 79.2 Å². The number of pyridine rings is 1. The molecule has 0 fully saturated rings. The number of nitrogens with one attached hydrogen (secondary N) is 1. The number of carbonyl (C=O) groups excluding carboxylic acids is 1. The van der Waals surface area contributed by atoms with Gasteiger partial charge in [-0.25, -0.2) is 4.68 Å². The molecule has 164 valence electrons. The summed E-state index contributed by atoms with van der Waals surface area (Å²) in [6, 6.07) is 19.6. The van der Waals surface area contributed by atoms with Crippen molar-refractivity contribution < 1.29 is 9.53 Å². The molecule has 2 heterocycles. The van der Waals surface area contributed by atoms with Crippen molar-refractivity contribution in [1.29, 1.82) is 0 Å². The van der Waals surface area contributed by atoms with Crippen LogP contribution in [0, 0.1) is 13.8 Å². The standard InChI is InChI=1S/C26H28N4O2/c1-16(2)20-11-13-21(14-12-20)27-26(31)19(5)32-23-15-17(3)24-18(4)29-30(25(24)28-23)22-9-7-6-8-10-22/h6-16,19H,1-5H3,(H,27,31)/t19-/m1/s1. The molecule has 0 saturated carbocycles. The quantitative estimate of drug-likeness (QED) is 0.436. The van der Waals surface area contributed by atoms with Crippen LogP contribution in [0.3, 0.4) is 0 Å². The van der Waals surface area contributed by atoms with Crippen LogP contribution in [0.25, 0.3) is 16.7 Å². The van der Waals surface area contributed by atoms with Gasteiger partial charge in [0.25, 0.3) is 5.91 Å². The van der Waals surface area contributed by atoms with E-state index >= 15 is 0 Å².